The smallest absolute Gasteiger partial charge is 0.241 e. The molecule has 2 aliphatic rings. The minimum absolute atomic E-state index is 0.209. The number of halogens is 1. The molecule has 4 nitrogen and oxygen atoms in total. The van der Waals surface area contributed by atoms with E-state index in [-0.39, 0.29) is 11.9 Å². The van der Waals surface area contributed by atoms with Crippen molar-refractivity contribution in [3.63, 3.8) is 0 Å². The highest BCUT2D eigenvalue weighted by Gasteiger charge is 2.28. The Hall–Kier alpha value is -1.10. The minimum Gasteiger partial charge on any atom is -0.317 e. The Labute approximate surface area is 143 Å². The van der Waals surface area contributed by atoms with E-state index in [4.69, 9.17) is 11.6 Å². The van der Waals surface area contributed by atoms with Gasteiger partial charge in [-0.05, 0) is 70.1 Å². The molecule has 0 unspecified atom stereocenters. The third kappa shape index (κ3) is 4.46. The van der Waals surface area contributed by atoms with Gasteiger partial charge in [0, 0.05) is 16.8 Å². The Morgan fingerprint density at radius 2 is 1.96 bits per heavy atom. The molecule has 1 amide bonds. The lowest BCUT2D eigenvalue weighted by Gasteiger charge is -2.36. The van der Waals surface area contributed by atoms with Crippen molar-refractivity contribution < 1.29 is 4.79 Å². The van der Waals surface area contributed by atoms with Crippen molar-refractivity contribution >= 4 is 23.2 Å². The fourth-order valence-corrected chi connectivity index (χ4v) is 3.82. The highest BCUT2D eigenvalue weighted by molar-refractivity contribution is 6.30. The third-order valence-corrected chi connectivity index (χ3v) is 5.07. The van der Waals surface area contributed by atoms with E-state index in [0.29, 0.717) is 11.6 Å². The van der Waals surface area contributed by atoms with E-state index in [0.717, 1.165) is 44.7 Å². The van der Waals surface area contributed by atoms with Crippen molar-refractivity contribution in [2.75, 3.05) is 37.6 Å². The maximum atomic E-state index is 13.0. The van der Waals surface area contributed by atoms with Crippen molar-refractivity contribution in [3.8, 4) is 0 Å². The zero-order valence-corrected chi connectivity index (χ0v) is 14.4. The number of nitrogens with one attached hydrogen (secondary N) is 1. The van der Waals surface area contributed by atoms with Gasteiger partial charge in [0.05, 0.1) is 6.54 Å². The summed E-state index contributed by atoms with van der Waals surface area (Å²) in [6.45, 7) is 4.55. The maximum absolute atomic E-state index is 13.0. The molecular weight excluding hydrogens is 310 g/mol. The van der Waals surface area contributed by atoms with Gasteiger partial charge in [0.1, 0.15) is 0 Å². The molecule has 1 N–H and O–H groups in total. The number of piperidine rings is 2. The van der Waals surface area contributed by atoms with E-state index in [2.05, 4.69) is 10.2 Å². The topological polar surface area (TPSA) is 35.6 Å². The van der Waals surface area contributed by atoms with Crippen LogP contribution in [-0.2, 0) is 4.79 Å². The van der Waals surface area contributed by atoms with Gasteiger partial charge < -0.3 is 10.2 Å². The Morgan fingerprint density at radius 1 is 1.22 bits per heavy atom. The van der Waals surface area contributed by atoms with Gasteiger partial charge in [-0.1, -0.05) is 24.1 Å². The molecule has 5 heteroatoms. The average Bonchev–Trinajstić information content (AvgIpc) is 2.57. The number of hydrogen-bond donors (Lipinski definition) is 1. The van der Waals surface area contributed by atoms with Gasteiger partial charge in [-0.3, -0.25) is 9.69 Å². The number of rotatable bonds is 4. The number of likely N-dealkylation sites (tertiary alicyclic amines) is 1. The van der Waals surface area contributed by atoms with Gasteiger partial charge >= 0.3 is 0 Å². The van der Waals surface area contributed by atoms with Crippen LogP contribution in [-0.4, -0.2) is 49.6 Å². The second-order valence-electron chi connectivity index (χ2n) is 6.56. The summed E-state index contributed by atoms with van der Waals surface area (Å²) in [5.41, 5.74) is 0.936. The maximum Gasteiger partial charge on any atom is 0.241 e. The summed E-state index contributed by atoms with van der Waals surface area (Å²) in [6.07, 6.45) is 5.70. The molecule has 126 valence electrons. The first-order valence-electron chi connectivity index (χ1n) is 8.75. The van der Waals surface area contributed by atoms with Crippen LogP contribution in [0.2, 0.25) is 5.02 Å². The van der Waals surface area contributed by atoms with E-state index in [1.54, 1.807) is 0 Å². The quantitative estimate of drug-likeness (QED) is 0.919. The molecule has 2 aliphatic heterocycles. The molecule has 1 aromatic rings. The molecule has 23 heavy (non-hydrogen) atoms. The van der Waals surface area contributed by atoms with Crippen LogP contribution in [0, 0.1) is 0 Å². The van der Waals surface area contributed by atoms with Gasteiger partial charge in [0.15, 0.2) is 0 Å². The molecule has 3 rings (SSSR count). The summed E-state index contributed by atoms with van der Waals surface area (Å²) in [5.74, 6) is 0.209. The fraction of sp³-hybridized carbons (Fsp3) is 0.611. The largest absolute Gasteiger partial charge is 0.317 e. The summed E-state index contributed by atoms with van der Waals surface area (Å²) in [6, 6.07) is 7.98. The Morgan fingerprint density at radius 3 is 2.65 bits per heavy atom. The molecule has 2 heterocycles. The Balaban J connectivity index is 1.77. The zero-order chi connectivity index (χ0) is 16.1. The van der Waals surface area contributed by atoms with Crippen LogP contribution in [0.5, 0.6) is 0 Å². The molecule has 0 saturated carbocycles. The van der Waals surface area contributed by atoms with Gasteiger partial charge in [-0.2, -0.15) is 0 Å². The standard InChI is InChI=1S/C18H26ClN3O/c19-15-5-4-6-17(13-15)22(16-7-9-20-10-8-16)18(23)14-21-11-2-1-3-12-21/h4-6,13,16,20H,1-3,7-12,14H2. The first-order valence-corrected chi connectivity index (χ1v) is 9.12. The van der Waals surface area contributed by atoms with Gasteiger partial charge in [0.25, 0.3) is 0 Å². The minimum atomic E-state index is 0.209. The number of nitrogens with zero attached hydrogens (tertiary/aromatic N) is 2. The Bertz CT molecular complexity index is 525. The first kappa shape index (κ1) is 16.7. The van der Waals surface area contributed by atoms with Crippen LogP contribution >= 0.6 is 11.6 Å². The molecule has 0 aromatic heterocycles. The van der Waals surface area contributed by atoms with E-state index in [9.17, 15) is 4.79 Å². The second kappa shape index (κ2) is 8.13. The summed E-state index contributed by atoms with van der Waals surface area (Å²) in [7, 11) is 0. The van der Waals surface area contributed by atoms with E-state index in [1.165, 1.54) is 19.3 Å². The summed E-state index contributed by atoms with van der Waals surface area (Å²) in [5, 5.41) is 4.07. The predicted octanol–water partition coefficient (Wildman–Crippen LogP) is 2.91. The number of carbonyl (C=O) groups excluding carboxylic acids is 1. The number of benzene rings is 1. The highest BCUT2D eigenvalue weighted by atomic mass is 35.5. The molecule has 2 saturated heterocycles. The molecule has 0 atom stereocenters. The first-order chi connectivity index (χ1) is 11.2. The number of amides is 1. The molecule has 0 aliphatic carbocycles. The fourth-order valence-electron chi connectivity index (χ4n) is 3.63. The lowest BCUT2D eigenvalue weighted by molar-refractivity contribution is -0.120. The third-order valence-electron chi connectivity index (χ3n) is 4.84. The number of anilines is 1. The van der Waals surface area contributed by atoms with Crippen molar-refractivity contribution in [1.82, 2.24) is 10.2 Å². The Kier molecular flexibility index (Phi) is 5.92. The number of hydrogen-bond acceptors (Lipinski definition) is 3. The SMILES string of the molecule is O=C(CN1CCCCC1)N(c1cccc(Cl)c1)C1CCNCC1. The van der Waals surface area contributed by atoms with Crippen LogP contribution in [0.4, 0.5) is 5.69 Å². The van der Waals surface area contributed by atoms with Crippen LogP contribution in [0.1, 0.15) is 32.1 Å². The van der Waals surface area contributed by atoms with Crippen LogP contribution < -0.4 is 10.2 Å². The lowest BCUT2D eigenvalue weighted by Crippen LogP contribution is -2.50. The van der Waals surface area contributed by atoms with Gasteiger partial charge in [0.2, 0.25) is 5.91 Å². The van der Waals surface area contributed by atoms with Crippen LogP contribution in [0.25, 0.3) is 0 Å². The van der Waals surface area contributed by atoms with Gasteiger partial charge in [-0.15, -0.1) is 0 Å². The van der Waals surface area contributed by atoms with Crippen molar-refractivity contribution in [3.05, 3.63) is 29.3 Å². The van der Waals surface area contributed by atoms with Crippen molar-refractivity contribution in [1.29, 1.82) is 0 Å². The molecule has 0 radical (unpaired) electrons. The van der Waals surface area contributed by atoms with Crippen molar-refractivity contribution in [2.45, 2.75) is 38.1 Å². The highest BCUT2D eigenvalue weighted by Crippen LogP contribution is 2.25. The normalized spacial score (nSPS) is 20.4. The average molecular weight is 336 g/mol. The molecule has 0 spiro atoms. The summed E-state index contributed by atoms with van der Waals surface area (Å²) >= 11 is 6.16. The van der Waals surface area contributed by atoms with Crippen LogP contribution in [0.3, 0.4) is 0 Å². The number of carbonyl (C=O) groups is 1. The molecule has 2 fully saturated rings. The van der Waals surface area contributed by atoms with E-state index >= 15 is 0 Å². The second-order valence-corrected chi connectivity index (χ2v) is 7.00. The summed E-state index contributed by atoms with van der Waals surface area (Å²) in [4.78, 5) is 17.3. The van der Waals surface area contributed by atoms with Crippen molar-refractivity contribution in [2.24, 2.45) is 0 Å². The van der Waals surface area contributed by atoms with E-state index in [1.807, 2.05) is 29.2 Å². The molecule has 1 aromatic carbocycles. The zero-order valence-electron chi connectivity index (χ0n) is 13.6. The monoisotopic (exact) mass is 335 g/mol. The lowest BCUT2D eigenvalue weighted by atomic mass is 10.0. The van der Waals surface area contributed by atoms with Gasteiger partial charge in [-0.25, -0.2) is 0 Å². The predicted molar refractivity (Wildman–Crippen MR) is 95.1 cm³/mol. The van der Waals surface area contributed by atoms with Crippen LogP contribution in [0.15, 0.2) is 24.3 Å². The molecular formula is C18H26ClN3O. The van der Waals surface area contributed by atoms with E-state index < -0.39 is 0 Å². The summed E-state index contributed by atoms with van der Waals surface area (Å²) < 4.78 is 0. The molecule has 0 bridgehead atoms.